The van der Waals surface area contributed by atoms with Crippen molar-refractivity contribution in [2.75, 3.05) is 19.4 Å². The summed E-state index contributed by atoms with van der Waals surface area (Å²) in [7, 11) is 1.34. The summed E-state index contributed by atoms with van der Waals surface area (Å²) in [6.45, 7) is 4.41. The molecule has 0 saturated carbocycles. The Morgan fingerprint density at radius 3 is 2.57 bits per heavy atom. The second kappa shape index (κ2) is 7.17. The van der Waals surface area contributed by atoms with Gasteiger partial charge in [0.25, 0.3) is 0 Å². The standard InChI is InChI=1S/C17H23N3O3/c1-4-5-10-20-11(2)14(16(21)23-3)15(19-17(20)22)12-6-8-13(18)9-7-12/h6-9,15H,4-5,10,18H2,1-3H3,(H,19,22)/t15-/m0/s1. The van der Waals surface area contributed by atoms with Crippen molar-refractivity contribution >= 4 is 17.7 Å². The summed E-state index contributed by atoms with van der Waals surface area (Å²) in [4.78, 5) is 26.3. The normalized spacial score (nSPS) is 18.0. The van der Waals surface area contributed by atoms with Gasteiger partial charge in [-0.05, 0) is 31.0 Å². The number of anilines is 1. The first-order valence-electron chi connectivity index (χ1n) is 7.72. The van der Waals surface area contributed by atoms with Gasteiger partial charge in [-0.2, -0.15) is 0 Å². The quantitative estimate of drug-likeness (QED) is 0.646. The molecular formula is C17H23N3O3. The van der Waals surface area contributed by atoms with Gasteiger partial charge in [0.05, 0.1) is 18.7 Å². The van der Waals surface area contributed by atoms with E-state index in [0.29, 0.717) is 23.5 Å². The lowest BCUT2D eigenvalue weighted by molar-refractivity contribution is -0.136. The molecule has 0 unspecified atom stereocenters. The van der Waals surface area contributed by atoms with Crippen LogP contribution in [0.5, 0.6) is 0 Å². The minimum absolute atomic E-state index is 0.203. The fourth-order valence-electron chi connectivity index (χ4n) is 2.68. The number of hydrogen-bond donors (Lipinski definition) is 2. The third-order valence-corrected chi connectivity index (χ3v) is 4.01. The van der Waals surface area contributed by atoms with Crippen LogP contribution in [0.25, 0.3) is 0 Å². The first-order valence-corrected chi connectivity index (χ1v) is 7.72. The van der Waals surface area contributed by atoms with Crippen LogP contribution in [0.3, 0.4) is 0 Å². The molecule has 0 aromatic heterocycles. The summed E-state index contributed by atoms with van der Waals surface area (Å²) < 4.78 is 4.92. The van der Waals surface area contributed by atoms with Crippen molar-refractivity contribution in [3.05, 3.63) is 41.1 Å². The fourth-order valence-corrected chi connectivity index (χ4v) is 2.68. The number of urea groups is 1. The smallest absolute Gasteiger partial charge is 0.337 e. The Balaban J connectivity index is 2.45. The van der Waals surface area contributed by atoms with E-state index < -0.39 is 12.0 Å². The average molecular weight is 317 g/mol. The van der Waals surface area contributed by atoms with Crippen LogP contribution in [0.15, 0.2) is 35.5 Å². The number of methoxy groups -OCH3 is 1. The molecule has 1 aliphatic heterocycles. The Bertz CT molecular complexity index is 622. The number of hydrogen-bond acceptors (Lipinski definition) is 4. The van der Waals surface area contributed by atoms with Gasteiger partial charge in [-0.3, -0.25) is 4.90 Å². The van der Waals surface area contributed by atoms with Crippen LogP contribution in [-0.2, 0) is 9.53 Å². The number of amides is 2. The Hall–Kier alpha value is -2.50. The molecule has 6 nitrogen and oxygen atoms in total. The molecule has 6 heteroatoms. The molecule has 0 fully saturated rings. The predicted molar refractivity (Wildman–Crippen MR) is 88.5 cm³/mol. The first-order chi connectivity index (χ1) is 11.0. The topological polar surface area (TPSA) is 84.7 Å². The highest BCUT2D eigenvalue weighted by atomic mass is 16.5. The number of nitrogen functional groups attached to an aromatic ring is 1. The summed E-state index contributed by atoms with van der Waals surface area (Å²) in [5.74, 6) is -0.439. The van der Waals surface area contributed by atoms with Crippen molar-refractivity contribution in [2.24, 2.45) is 0 Å². The zero-order valence-electron chi connectivity index (χ0n) is 13.8. The van der Waals surface area contributed by atoms with Crippen LogP contribution < -0.4 is 11.1 Å². The molecule has 0 spiro atoms. The van der Waals surface area contributed by atoms with E-state index in [1.54, 1.807) is 36.1 Å². The van der Waals surface area contributed by atoms with Gasteiger partial charge in [0.1, 0.15) is 0 Å². The van der Waals surface area contributed by atoms with Crippen molar-refractivity contribution in [1.82, 2.24) is 10.2 Å². The number of nitrogens with zero attached hydrogens (tertiary/aromatic N) is 1. The van der Waals surface area contributed by atoms with Crippen molar-refractivity contribution in [3.8, 4) is 0 Å². The van der Waals surface area contributed by atoms with Gasteiger partial charge in [0.15, 0.2) is 0 Å². The Kier molecular flexibility index (Phi) is 5.26. The number of allylic oxidation sites excluding steroid dienone is 1. The van der Waals surface area contributed by atoms with Crippen LogP contribution in [-0.4, -0.2) is 30.6 Å². The molecule has 3 N–H and O–H groups in total. The van der Waals surface area contributed by atoms with E-state index in [4.69, 9.17) is 10.5 Å². The molecule has 124 valence electrons. The van der Waals surface area contributed by atoms with Gasteiger partial charge in [0, 0.05) is 17.9 Å². The maximum atomic E-state index is 12.4. The van der Waals surface area contributed by atoms with Crippen LogP contribution in [0, 0.1) is 0 Å². The number of nitrogens with one attached hydrogen (secondary N) is 1. The number of nitrogens with two attached hydrogens (primary N) is 1. The Labute approximate surface area is 136 Å². The number of carbonyl (C=O) groups is 2. The Morgan fingerprint density at radius 1 is 1.35 bits per heavy atom. The molecule has 0 bridgehead atoms. The highest BCUT2D eigenvalue weighted by molar-refractivity contribution is 5.95. The molecule has 0 aliphatic carbocycles. The molecular weight excluding hydrogens is 294 g/mol. The summed E-state index contributed by atoms with van der Waals surface area (Å²) in [6, 6.07) is 6.36. The van der Waals surface area contributed by atoms with Gasteiger partial charge >= 0.3 is 12.0 Å². The first kappa shape index (κ1) is 16.9. The molecule has 0 radical (unpaired) electrons. The fraction of sp³-hybridized carbons (Fsp3) is 0.412. The maximum absolute atomic E-state index is 12.4. The van der Waals surface area contributed by atoms with E-state index in [0.717, 1.165) is 18.4 Å². The SMILES string of the molecule is CCCCN1C(=O)N[C@@H](c2ccc(N)cc2)C(C(=O)OC)=C1C. The van der Waals surface area contributed by atoms with Gasteiger partial charge in [-0.25, -0.2) is 9.59 Å². The zero-order chi connectivity index (χ0) is 17.0. The van der Waals surface area contributed by atoms with Gasteiger partial charge < -0.3 is 15.8 Å². The van der Waals surface area contributed by atoms with Gasteiger partial charge in [0.2, 0.25) is 0 Å². The van der Waals surface area contributed by atoms with Gasteiger partial charge in [-0.15, -0.1) is 0 Å². The maximum Gasteiger partial charge on any atom is 0.337 e. The number of carbonyl (C=O) groups excluding carboxylic acids is 2. The van der Waals surface area contributed by atoms with Crippen LogP contribution in [0.2, 0.25) is 0 Å². The summed E-state index contributed by atoms with van der Waals surface area (Å²) in [6.07, 6.45) is 1.83. The number of unbranched alkanes of at least 4 members (excludes halogenated alkanes) is 1. The lowest BCUT2D eigenvalue weighted by Gasteiger charge is -2.35. The molecule has 1 atom stereocenters. The number of esters is 1. The van der Waals surface area contributed by atoms with Crippen LogP contribution >= 0.6 is 0 Å². The lowest BCUT2D eigenvalue weighted by atomic mass is 9.94. The molecule has 1 aromatic carbocycles. The minimum Gasteiger partial charge on any atom is -0.466 e. The van der Waals surface area contributed by atoms with E-state index in [9.17, 15) is 9.59 Å². The van der Waals surface area contributed by atoms with E-state index in [1.165, 1.54) is 7.11 Å². The van der Waals surface area contributed by atoms with Crippen molar-refractivity contribution in [1.29, 1.82) is 0 Å². The van der Waals surface area contributed by atoms with Crippen molar-refractivity contribution < 1.29 is 14.3 Å². The Morgan fingerprint density at radius 2 is 2.00 bits per heavy atom. The number of ether oxygens (including phenoxy) is 1. The molecule has 2 amide bonds. The second-order valence-electron chi connectivity index (χ2n) is 5.55. The molecule has 23 heavy (non-hydrogen) atoms. The summed E-state index contributed by atoms with van der Waals surface area (Å²) >= 11 is 0. The summed E-state index contributed by atoms with van der Waals surface area (Å²) in [5, 5.41) is 2.89. The van der Waals surface area contributed by atoms with Crippen LogP contribution in [0.1, 0.15) is 38.3 Å². The van der Waals surface area contributed by atoms with Gasteiger partial charge in [-0.1, -0.05) is 25.5 Å². The largest absolute Gasteiger partial charge is 0.466 e. The summed E-state index contributed by atoms with van der Waals surface area (Å²) in [5.41, 5.74) is 8.22. The molecule has 2 rings (SSSR count). The molecule has 1 heterocycles. The van der Waals surface area contributed by atoms with E-state index >= 15 is 0 Å². The van der Waals surface area contributed by atoms with E-state index in [2.05, 4.69) is 12.2 Å². The number of rotatable bonds is 5. The second-order valence-corrected chi connectivity index (χ2v) is 5.55. The van der Waals surface area contributed by atoms with E-state index in [1.807, 2.05) is 0 Å². The highest BCUT2D eigenvalue weighted by Crippen LogP contribution is 2.31. The number of benzene rings is 1. The average Bonchev–Trinajstić information content (AvgIpc) is 2.54. The van der Waals surface area contributed by atoms with Crippen LogP contribution in [0.4, 0.5) is 10.5 Å². The third kappa shape index (κ3) is 3.47. The molecule has 0 saturated heterocycles. The zero-order valence-corrected chi connectivity index (χ0v) is 13.8. The molecule has 1 aromatic rings. The lowest BCUT2D eigenvalue weighted by Crippen LogP contribution is -2.48. The third-order valence-electron chi connectivity index (χ3n) is 4.01. The monoisotopic (exact) mass is 317 g/mol. The van der Waals surface area contributed by atoms with Crippen molar-refractivity contribution in [3.63, 3.8) is 0 Å². The highest BCUT2D eigenvalue weighted by Gasteiger charge is 2.35. The molecule has 1 aliphatic rings. The van der Waals surface area contributed by atoms with Crippen molar-refractivity contribution in [2.45, 2.75) is 32.7 Å². The minimum atomic E-state index is -0.534. The predicted octanol–water partition coefficient (Wildman–Crippen LogP) is 2.58. The van der Waals surface area contributed by atoms with E-state index in [-0.39, 0.29) is 6.03 Å².